The van der Waals surface area contributed by atoms with Gasteiger partial charge in [0.1, 0.15) is 0 Å². The monoisotopic (exact) mass is 203 g/mol. The van der Waals surface area contributed by atoms with Crippen molar-refractivity contribution in [2.24, 2.45) is 0 Å². The number of rotatable bonds is 1. The van der Waals surface area contributed by atoms with Crippen LogP contribution in [0.3, 0.4) is 0 Å². The van der Waals surface area contributed by atoms with Crippen LogP contribution in [-0.4, -0.2) is 4.98 Å². The zero-order valence-electron chi connectivity index (χ0n) is 9.79. The highest BCUT2D eigenvalue weighted by Crippen LogP contribution is 2.28. The third kappa shape index (κ3) is 1.76. The Balaban J connectivity index is 2.70. The van der Waals surface area contributed by atoms with Gasteiger partial charge in [-0.15, -0.1) is 0 Å². The van der Waals surface area contributed by atoms with Gasteiger partial charge in [-0.3, -0.25) is 0 Å². The lowest BCUT2D eigenvalue weighted by Crippen LogP contribution is -2.15. The first-order valence-electron chi connectivity index (χ1n) is 5.40. The summed E-state index contributed by atoms with van der Waals surface area (Å²) >= 11 is 0. The molecule has 0 unspecified atom stereocenters. The molecule has 0 aliphatic rings. The van der Waals surface area contributed by atoms with Crippen molar-refractivity contribution in [2.75, 3.05) is 0 Å². The minimum Gasteiger partial charge on any atom is -0.446 e. The lowest BCUT2D eigenvalue weighted by atomic mass is 9.85. The average Bonchev–Trinajstić information content (AvgIpc) is 2.60. The fraction of sp³-hybridized carbons (Fsp3) is 0.462. The Bertz CT molecular complexity index is 477. The van der Waals surface area contributed by atoms with Crippen LogP contribution in [-0.2, 0) is 11.8 Å². The summed E-state index contributed by atoms with van der Waals surface area (Å²) in [5.74, 6) is 0. The van der Waals surface area contributed by atoms with Crippen molar-refractivity contribution < 1.29 is 4.42 Å². The summed E-state index contributed by atoms with van der Waals surface area (Å²) in [7, 11) is 0. The van der Waals surface area contributed by atoms with E-state index in [2.05, 4.69) is 38.7 Å². The third-order valence-electron chi connectivity index (χ3n) is 2.66. The van der Waals surface area contributed by atoms with E-state index in [9.17, 15) is 0 Å². The van der Waals surface area contributed by atoms with Crippen molar-refractivity contribution in [1.29, 1.82) is 0 Å². The second-order valence-corrected chi connectivity index (χ2v) is 4.90. The van der Waals surface area contributed by atoms with Gasteiger partial charge in [0.15, 0.2) is 0 Å². The number of aromatic nitrogens is 1. The number of hydrogen-bond acceptors (Lipinski definition) is 2. The highest BCUT2D eigenvalue weighted by atomic mass is 16.3. The fourth-order valence-electron chi connectivity index (χ4n) is 1.85. The van der Waals surface area contributed by atoms with Crippen molar-refractivity contribution in [3.05, 3.63) is 29.7 Å². The predicted octanol–water partition coefficient (Wildman–Crippen LogP) is 3.69. The standard InChI is InChI=1S/C13H17NO/c1-5-11-10(13(2,3)4)8-9-6-7-15-12(9)14-11/h6-8H,5H2,1-4H3. The zero-order chi connectivity index (χ0) is 11.1. The first-order valence-corrected chi connectivity index (χ1v) is 5.40. The molecule has 0 atom stereocenters. The SMILES string of the molecule is CCc1nc2occc2cc1C(C)(C)C. The summed E-state index contributed by atoms with van der Waals surface area (Å²) in [4.78, 5) is 4.55. The van der Waals surface area contributed by atoms with E-state index >= 15 is 0 Å². The van der Waals surface area contributed by atoms with E-state index in [0.29, 0.717) is 0 Å². The van der Waals surface area contributed by atoms with Crippen LogP contribution in [0.5, 0.6) is 0 Å². The Morgan fingerprint density at radius 1 is 1.33 bits per heavy atom. The molecule has 2 nitrogen and oxygen atoms in total. The minimum atomic E-state index is 0.143. The molecule has 0 aromatic carbocycles. The van der Waals surface area contributed by atoms with Crippen LogP contribution in [0, 0.1) is 0 Å². The van der Waals surface area contributed by atoms with Crippen LogP contribution in [0.2, 0.25) is 0 Å². The van der Waals surface area contributed by atoms with Crippen LogP contribution in [0.4, 0.5) is 0 Å². The molecule has 2 heterocycles. The summed E-state index contributed by atoms with van der Waals surface area (Å²) in [6, 6.07) is 4.17. The maximum absolute atomic E-state index is 5.32. The van der Waals surface area contributed by atoms with E-state index < -0.39 is 0 Å². The Morgan fingerprint density at radius 3 is 2.67 bits per heavy atom. The quantitative estimate of drug-likeness (QED) is 0.706. The topological polar surface area (TPSA) is 26.0 Å². The van der Waals surface area contributed by atoms with Gasteiger partial charge < -0.3 is 4.42 Å². The highest BCUT2D eigenvalue weighted by Gasteiger charge is 2.19. The molecule has 80 valence electrons. The molecule has 0 radical (unpaired) electrons. The number of furan rings is 1. The molecule has 2 aromatic rings. The number of fused-ring (bicyclic) bond motifs is 1. The molecular formula is C13H17NO. The van der Waals surface area contributed by atoms with Crippen LogP contribution in [0.15, 0.2) is 22.8 Å². The van der Waals surface area contributed by atoms with Gasteiger partial charge in [-0.2, -0.15) is 0 Å². The van der Waals surface area contributed by atoms with E-state index in [-0.39, 0.29) is 5.41 Å². The van der Waals surface area contributed by atoms with Gasteiger partial charge in [0, 0.05) is 11.1 Å². The van der Waals surface area contributed by atoms with Gasteiger partial charge >= 0.3 is 0 Å². The lowest BCUT2D eigenvalue weighted by molar-refractivity contribution is 0.572. The molecule has 0 saturated carbocycles. The first kappa shape index (κ1) is 10.2. The maximum Gasteiger partial charge on any atom is 0.226 e. The predicted molar refractivity (Wildman–Crippen MR) is 62.1 cm³/mol. The molecule has 0 saturated heterocycles. The number of aryl methyl sites for hydroxylation is 1. The van der Waals surface area contributed by atoms with Crippen LogP contribution < -0.4 is 0 Å². The molecule has 0 N–H and O–H groups in total. The van der Waals surface area contributed by atoms with E-state index in [1.807, 2.05) is 6.07 Å². The first-order chi connectivity index (χ1) is 7.02. The van der Waals surface area contributed by atoms with Gasteiger partial charge in [-0.1, -0.05) is 27.7 Å². The van der Waals surface area contributed by atoms with Gasteiger partial charge in [0.25, 0.3) is 0 Å². The summed E-state index contributed by atoms with van der Waals surface area (Å²) in [5, 5.41) is 1.09. The van der Waals surface area contributed by atoms with Gasteiger partial charge in [0.05, 0.1) is 6.26 Å². The second-order valence-electron chi connectivity index (χ2n) is 4.90. The van der Waals surface area contributed by atoms with Gasteiger partial charge in [-0.05, 0) is 29.5 Å². The van der Waals surface area contributed by atoms with Crippen molar-refractivity contribution in [3.8, 4) is 0 Å². The second kappa shape index (κ2) is 3.37. The number of nitrogens with zero attached hydrogens (tertiary/aromatic N) is 1. The molecule has 0 amide bonds. The van der Waals surface area contributed by atoms with Crippen molar-refractivity contribution in [2.45, 2.75) is 39.5 Å². The molecule has 0 bridgehead atoms. The molecule has 0 spiro atoms. The van der Waals surface area contributed by atoms with Crippen LogP contribution in [0.25, 0.3) is 11.1 Å². The summed E-state index contributed by atoms with van der Waals surface area (Å²) in [6.45, 7) is 8.78. The average molecular weight is 203 g/mol. The Morgan fingerprint density at radius 2 is 2.07 bits per heavy atom. The van der Waals surface area contributed by atoms with Crippen LogP contribution >= 0.6 is 0 Å². The molecule has 15 heavy (non-hydrogen) atoms. The summed E-state index contributed by atoms with van der Waals surface area (Å²) in [6.07, 6.45) is 2.65. The largest absolute Gasteiger partial charge is 0.446 e. The molecule has 0 aliphatic heterocycles. The fourth-order valence-corrected chi connectivity index (χ4v) is 1.85. The van der Waals surface area contributed by atoms with Crippen molar-refractivity contribution in [3.63, 3.8) is 0 Å². The number of pyridine rings is 1. The molecule has 2 aromatic heterocycles. The Kier molecular flexibility index (Phi) is 2.29. The van der Waals surface area contributed by atoms with E-state index in [0.717, 1.165) is 23.2 Å². The molecular weight excluding hydrogens is 186 g/mol. The summed E-state index contributed by atoms with van der Waals surface area (Å²) < 4.78 is 5.32. The van der Waals surface area contributed by atoms with Gasteiger partial charge in [-0.25, -0.2) is 4.98 Å². The van der Waals surface area contributed by atoms with E-state index in [1.165, 1.54) is 5.56 Å². The van der Waals surface area contributed by atoms with E-state index in [1.54, 1.807) is 6.26 Å². The smallest absolute Gasteiger partial charge is 0.226 e. The lowest BCUT2D eigenvalue weighted by Gasteiger charge is -2.21. The Hall–Kier alpha value is -1.31. The Labute approximate surface area is 90.3 Å². The highest BCUT2D eigenvalue weighted by molar-refractivity contribution is 5.74. The molecule has 2 heteroatoms. The zero-order valence-corrected chi connectivity index (χ0v) is 9.79. The third-order valence-corrected chi connectivity index (χ3v) is 2.66. The maximum atomic E-state index is 5.32. The van der Waals surface area contributed by atoms with Crippen molar-refractivity contribution >= 4 is 11.1 Å². The molecule has 2 rings (SSSR count). The van der Waals surface area contributed by atoms with Gasteiger partial charge in [0.2, 0.25) is 5.71 Å². The van der Waals surface area contributed by atoms with E-state index in [4.69, 9.17) is 4.42 Å². The number of hydrogen-bond donors (Lipinski definition) is 0. The normalized spacial score (nSPS) is 12.3. The molecule has 0 aliphatic carbocycles. The summed E-state index contributed by atoms with van der Waals surface area (Å²) in [5.41, 5.74) is 3.35. The van der Waals surface area contributed by atoms with Crippen molar-refractivity contribution in [1.82, 2.24) is 4.98 Å². The minimum absolute atomic E-state index is 0.143. The van der Waals surface area contributed by atoms with Crippen LogP contribution in [0.1, 0.15) is 39.0 Å². The molecule has 0 fully saturated rings.